The number of nitrogens with zero attached hydrogens (tertiary/aromatic N) is 3. The first-order chi connectivity index (χ1) is 6.54. The Hall–Kier alpha value is -1.63. The van der Waals surface area contributed by atoms with Gasteiger partial charge in [-0.05, 0) is 12.1 Å². The molecular formula is C7H8N4O2S. The molecule has 6 nitrogen and oxygen atoms in total. The number of anilines is 1. The maximum Gasteiger partial charge on any atom is 0.229 e. The van der Waals surface area contributed by atoms with Crippen LogP contribution in [0.5, 0.6) is 0 Å². The zero-order valence-corrected chi connectivity index (χ0v) is 8.19. The van der Waals surface area contributed by atoms with Crippen LogP contribution < -0.4 is 4.72 Å². The molecule has 2 rings (SSSR count). The third-order valence-electron chi connectivity index (χ3n) is 1.59. The standard InChI is InChI=1S/C7H8N4O2S/c1-14(12,13)10-6-2-3-7-9-8-5-11(7)4-6/h2-5,10H,1H3. The normalized spacial score (nSPS) is 11.8. The smallest absolute Gasteiger partial charge is 0.229 e. The number of rotatable bonds is 2. The molecule has 7 heteroatoms. The SMILES string of the molecule is CS(=O)(=O)Nc1ccc2nncn2c1. The van der Waals surface area contributed by atoms with Crippen molar-refractivity contribution in [2.24, 2.45) is 0 Å². The second-order valence-corrected chi connectivity index (χ2v) is 4.64. The van der Waals surface area contributed by atoms with Gasteiger partial charge >= 0.3 is 0 Å². The molecule has 2 aromatic heterocycles. The number of nitrogens with one attached hydrogen (secondary N) is 1. The first-order valence-corrected chi connectivity index (χ1v) is 5.71. The van der Waals surface area contributed by atoms with E-state index in [4.69, 9.17) is 0 Å². The van der Waals surface area contributed by atoms with Gasteiger partial charge in [-0.15, -0.1) is 10.2 Å². The summed E-state index contributed by atoms with van der Waals surface area (Å²) in [6.45, 7) is 0. The van der Waals surface area contributed by atoms with Crippen molar-refractivity contribution in [3.05, 3.63) is 24.7 Å². The van der Waals surface area contributed by atoms with Crippen molar-refractivity contribution in [1.82, 2.24) is 14.6 Å². The Morgan fingerprint density at radius 1 is 1.43 bits per heavy atom. The molecule has 0 radical (unpaired) electrons. The first-order valence-electron chi connectivity index (χ1n) is 3.82. The summed E-state index contributed by atoms with van der Waals surface area (Å²) in [4.78, 5) is 0. The van der Waals surface area contributed by atoms with Crippen molar-refractivity contribution in [1.29, 1.82) is 0 Å². The molecule has 0 aliphatic heterocycles. The Balaban J connectivity index is 2.44. The summed E-state index contributed by atoms with van der Waals surface area (Å²) in [6.07, 6.45) is 4.21. The lowest BCUT2D eigenvalue weighted by Gasteiger charge is -2.02. The van der Waals surface area contributed by atoms with Crippen molar-refractivity contribution in [2.45, 2.75) is 0 Å². The first kappa shape index (κ1) is 8.95. The molecule has 0 spiro atoms. The fourth-order valence-corrected chi connectivity index (χ4v) is 1.65. The molecule has 0 aliphatic carbocycles. The van der Waals surface area contributed by atoms with Gasteiger partial charge < -0.3 is 0 Å². The van der Waals surface area contributed by atoms with Crippen LogP contribution in [-0.4, -0.2) is 29.3 Å². The van der Waals surface area contributed by atoms with Gasteiger partial charge in [0, 0.05) is 6.20 Å². The molecule has 2 aromatic rings. The van der Waals surface area contributed by atoms with E-state index in [-0.39, 0.29) is 0 Å². The summed E-state index contributed by atoms with van der Waals surface area (Å²) in [5.41, 5.74) is 1.16. The molecule has 74 valence electrons. The predicted octanol–water partition coefficient (Wildman–Crippen LogP) is 0.101. The second kappa shape index (κ2) is 2.95. The minimum Gasteiger partial charge on any atom is -0.287 e. The molecule has 0 aromatic carbocycles. The molecule has 2 heterocycles. The van der Waals surface area contributed by atoms with Gasteiger partial charge in [-0.1, -0.05) is 0 Å². The van der Waals surface area contributed by atoms with Crippen LogP contribution in [0.2, 0.25) is 0 Å². The molecule has 0 unspecified atom stereocenters. The highest BCUT2D eigenvalue weighted by atomic mass is 32.2. The lowest BCUT2D eigenvalue weighted by Crippen LogP contribution is -2.09. The Bertz CT molecular complexity index is 560. The maximum absolute atomic E-state index is 10.9. The predicted molar refractivity (Wildman–Crippen MR) is 51.5 cm³/mol. The van der Waals surface area contributed by atoms with Crippen molar-refractivity contribution >= 4 is 21.4 Å². The van der Waals surface area contributed by atoms with Crippen LogP contribution in [0.25, 0.3) is 5.65 Å². The topological polar surface area (TPSA) is 76.4 Å². The van der Waals surface area contributed by atoms with Crippen LogP contribution in [-0.2, 0) is 10.0 Å². The highest BCUT2D eigenvalue weighted by Gasteiger charge is 2.02. The molecule has 0 atom stereocenters. The summed E-state index contributed by atoms with van der Waals surface area (Å²) < 4.78 is 25.8. The molecule has 14 heavy (non-hydrogen) atoms. The number of pyridine rings is 1. The fraction of sp³-hybridized carbons (Fsp3) is 0.143. The quantitative estimate of drug-likeness (QED) is 0.766. The minimum absolute atomic E-state index is 0.486. The minimum atomic E-state index is -3.23. The molecule has 0 saturated heterocycles. The monoisotopic (exact) mass is 212 g/mol. The molecule has 0 saturated carbocycles. The van der Waals surface area contributed by atoms with Crippen LogP contribution in [0.1, 0.15) is 0 Å². The molecular weight excluding hydrogens is 204 g/mol. The van der Waals surface area contributed by atoms with Crippen molar-refractivity contribution in [3.8, 4) is 0 Å². The van der Waals surface area contributed by atoms with E-state index in [1.54, 1.807) is 22.7 Å². The number of sulfonamides is 1. The summed E-state index contributed by atoms with van der Waals surface area (Å²) in [6, 6.07) is 3.31. The van der Waals surface area contributed by atoms with Crippen LogP contribution >= 0.6 is 0 Å². The number of fused-ring (bicyclic) bond motifs is 1. The van der Waals surface area contributed by atoms with E-state index in [1.165, 1.54) is 6.33 Å². The van der Waals surface area contributed by atoms with Gasteiger partial charge in [-0.2, -0.15) is 0 Å². The zero-order chi connectivity index (χ0) is 10.2. The van der Waals surface area contributed by atoms with Crippen molar-refractivity contribution in [3.63, 3.8) is 0 Å². The van der Waals surface area contributed by atoms with Gasteiger partial charge in [0.25, 0.3) is 0 Å². The van der Waals surface area contributed by atoms with Gasteiger partial charge in [0.2, 0.25) is 10.0 Å². The lowest BCUT2D eigenvalue weighted by molar-refractivity contribution is 0.607. The largest absolute Gasteiger partial charge is 0.287 e. The average Bonchev–Trinajstić information content (AvgIpc) is 2.47. The Morgan fingerprint density at radius 3 is 2.93 bits per heavy atom. The maximum atomic E-state index is 10.9. The molecule has 0 amide bonds. The Kier molecular flexibility index (Phi) is 1.88. The van der Waals surface area contributed by atoms with Crippen molar-refractivity contribution in [2.75, 3.05) is 11.0 Å². The van der Waals surface area contributed by atoms with Gasteiger partial charge in [0.05, 0.1) is 11.9 Å². The number of hydrogen-bond donors (Lipinski definition) is 1. The second-order valence-electron chi connectivity index (χ2n) is 2.89. The van der Waals surface area contributed by atoms with E-state index >= 15 is 0 Å². The fourth-order valence-electron chi connectivity index (χ4n) is 1.10. The van der Waals surface area contributed by atoms with E-state index in [2.05, 4.69) is 14.9 Å². The van der Waals surface area contributed by atoms with Gasteiger partial charge in [-0.25, -0.2) is 8.42 Å². The van der Waals surface area contributed by atoms with E-state index in [9.17, 15) is 8.42 Å². The molecule has 0 bridgehead atoms. The van der Waals surface area contributed by atoms with E-state index in [1.807, 2.05) is 0 Å². The van der Waals surface area contributed by atoms with Crippen LogP contribution in [0.15, 0.2) is 24.7 Å². The highest BCUT2D eigenvalue weighted by Crippen LogP contribution is 2.09. The van der Waals surface area contributed by atoms with E-state index in [0.29, 0.717) is 11.3 Å². The molecule has 0 aliphatic rings. The van der Waals surface area contributed by atoms with Crippen LogP contribution in [0, 0.1) is 0 Å². The van der Waals surface area contributed by atoms with E-state index < -0.39 is 10.0 Å². The zero-order valence-electron chi connectivity index (χ0n) is 7.38. The third-order valence-corrected chi connectivity index (χ3v) is 2.20. The highest BCUT2D eigenvalue weighted by molar-refractivity contribution is 7.92. The average molecular weight is 212 g/mol. The van der Waals surface area contributed by atoms with Crippen LogP contribution in [0.3, 0.4) is 0 Å². The van der Waals surface area contributed by atoms with Gasteiger partial charge in [0.15, 0.2) is 5.65 Å². The summed E-state index contributed by atoms with van der Waals surface area (Å²) >= 11 is 0. The number of aromatic nitrogens is 3. The summed E-state index contributed by atoms with van der Waals surface area (Å²) in [5, 5.41) is 7.47. The van der Waals surface area contributed by atoms with Gasteiger partial charge in [-0.3, -0.25) is 9.12 Å². The molecule has 0 fully saturated rings. The third kappa shape index (κ3) is 1.82. The Morgan fingerprint density at radius 2 is 2.21 bits per heavy atom. The molecule has 1 N–H and O–H groups in total. The number of hydrogen-bond acceptors (Lipinski definition) is 4. The van der Waals surface area contributed by atoms with Crippen molar-refractivity contribution < 1.29 is 8.42 Å². The van der Waals surface area contributed by atoms with Gasteiger partial charge in [0.1, 0.15) is 6.33 Å². The van der Waals surface area contributed by atoms with E-state index in [0.717, 1.165) is 6.26 Å². The summed E-state index contributed by atoms with van der Waals surface area (Å²) in [5.74, 6) is 0. The Labute approximate surface area is 80.6 Å². The lowest BCUT2D eigenvalue weighted by atomic mass is 10.4. The summed E-state index contributed by atoms with van der Waals surface area (Å²) in [7, 11) is -3.23. The van der Waals surface area contributed by atoms with Crippen LogP contribution in [0.4, 0.5) is 5.69 Å².